The van der Waals surface area contributed by atoms with Crippen LogP contribution >= 0.6 is 0 Å². The Hall–Kier alpha value is -2.63. The van der Waals surface area contributed by atoms with Crippen molar-refractivity contribution in [3.8, 4) is 5.75 Å². The number of ether oxygens (including phenoxy) is 1. The van der Waals surface area contributed by atoms with Gasteiger partial charge in [-0.2, -0.15) is 26.3 Å². The number of hydrogen-bond acceptors (Lipinski definition) is 4. The van der Waals surface area contributed by atoms with Gasteiger partial charge in [0.15, 0.2) is 27.2 Å². The lowest BCUT2D eigenvalue weighted by molar-refractivity contribution is -0.138. The van der Waals surface area contributed by atoms with Crippen LogP contribution in [0.25, 0.3) is 0 Å². The first-order valence-corrected chi connectivity index (χ1v) is 9.38. The SMILES string of the molecule is COc1c(F)ccc(C(F)(F)F)c1C(=O)c1ccc(C(F)(F)F)cc1S(C)(=O)=O. The molecule has 0 saturated heterocycles. The molecule has 0 aromatic heterocycles. The maximum atomic E-state index is 13.9. The summed E-state index contributed by atoms with van der Waals surface area (Å²) in [6.45, 7) is 0. The van der Waals surface area contributed by atoms with Gasteiger partial charge in [-0.15, -0.1) is 0 Å². The van der Waals surface area contributed by atoms with Crippen LogP contribution in [0.1, 0.15) is 27.0 Å². The van der Waals surface area contributed by atoms with Gasteiger partial charge in [-0.1, -0.05) is 0 Å². The summed E-state index contributed by atoms with van der Waals surface area (Å²) in [4.78, 5) is 11.6. The van der Waals surface area contributed by atoms with Gasteiger partial charge in [0.25, 0.3) is 0 Å². The van der Waals surface area contributed by atoms with Crippen LogP contribution in [0.5, 0.6) is 5.75 Å². The Bertz CT molecular complexity index is 1070. The molecule has 0 radical (unpaired) electrons. The zero-order valence-electron chi connectivity index (χ0n) is 14.6. The zero-order valence-corrected chi connectivity index (χ0v) is 15.4. The molecule has 4 nitrogen and oxygen atoms in total. The largest absolute Gasteiger partial charge is 0.493 e. The third-order valence-corrected chi connectivity index (χ3v) is 4.94. The summed E-state index contributed by atoms with van der Waals surface area (Å²) in [5.41, 5.74) is -5.42. The zero-order chi connectivity index (χ0) is 22.4. The molecule has 12 heteroatoms. The lowest BCUT2D eigenvalue weighted by atomic mass is 9.95. The number of halogens is 7. The lowest BCUT2D eigenvalue weighted by Crippen LogP contribution is -2.19. The molecule has 2 aromatic rings. The summed E-state index contributed by atoms with van der Waals surface area (Å²) < 4.78 is 121. The molecule has 2 aromatic carbocycles. The van der Waals surface area contributed by atoms with E-state index >= 15 is 0 Å². The summed E-state index contributed by atoms with van der Waals surface area (Å²) >= 11 is 0. The fourth-order valence-electron chi connectivity index (χ4n) is 2.55. The van der Waals surface area contributed by atoms with Crippen LogP contribution < -0.4 is 4.74 Å². The molecule has 0 amide bonds. The van der Waals surface area contributed by atoms with Gasteiger partial charge in [-0.25, -0.2) is 12.8 Å². The van der Waals surface area contributed by atoms with Gasteiger partial charge < -0.3 is 4.74 Å². The van der Waals surface area contributed by atoms with E-state index in [2.05, 4.69) is 4.74 Å². The van der Waals surface area contributed by atoms with Gasteiger partial charge in [0.1, 0.15) is 0 Å². The Balaban J connectivity index is 2.88. The third-order valence-electron chi connectivity index (χ3n) is 3.80. The Labute approximate surface area is 159 Å². The number of rotatable bonds is 4. The van der Waals surface area contributed by atoms with E-state index in [4.69, 9.17) is 0 Å². The molecule has 2 rings (SSSR count). The van der Waals surface area contributed by atoms with Crippen molar-refractivity contribution in [3.63, 3.8) is 0 Å². The van der Waals surface area contributed by atoms with E-state index in [0.29, 0.717) is 24.5 Å². The van der Waals surface area contributed by atoms with Crippen molar-refractivity contribution >= 4 is 15.6 Å². The highest BCUT2D eigenvalue weighted by Gasteiger charge is 2.40. The molecule has 29 heavy (non-hydrogen) atoms. The van der Waals surface area contributed by atoms with E-state index in [1.807, 2.05) is 0 Å². The molecule has 0 spiro atoms. The minimum Gasteiger partial charge on any atom is -0.493 e. The van der Waals surface area contributed by atoms with Crippen molar-refractivity contribution in [2.24, 2.45) is 0 Å². The average molecular weight is 444 g/mol. The number of sulfone groups is 1. The number of carbonyl (C=O) groups excluding carboxylic acids is 1. The Morgan fingerprint density at radius 2 is 1.55 bits per heavy atom. The molecule has 0 N–H and O–H groups in total. The Morgan fingerprint density at radius 3 is 2.00 bits per heavy atom. The molecule has 0 aliphatic heterocycles. The first-order valence-electron chi connectivity index (χ1n) is 7.48. The minimum atomic E-state index is -5.16. The van der Waals surface area contributed by atoms with Crippen LogP contribution in [0.3, 0.4) is 0 Å². The van der Waals surface area contributed by atoms with Crippen LogP contribution in [0.2, 0.25) is 0 Å². The van der Waals surface area contributed by atoms with Crippen LogP contribution in [0.4, 0.5) is 30.7 Å². The van der Waals surface area contributed by atoms with Gasteiger partial charge in [0, 0.05) is 11.8 Å². The fraction of sp³-hybridized carbons (Fsp3) is 0.235. The molecule has 0 aliphatic rings. The number of methoxy groups -OCH3 is 1. The van der Waals surface area contributed by atoms with Crippen LogP contribution in [0.15, 0.2) is 35.2 Å². The first-order chi connectivity index (χ1) is 13.1. The van der Waals surface area contributed by atoms with Gasteiger partial charge >= 0.3 is 12.4 Å². The highest BCUT2D eigenvalue weighted by Crippen LogP contribution is 2.40. The molecule has 0 unspecified atom stereocenters. The molecular weight excluding hydrogens is 433 g/mol. The Kier molecular flexibility index (Phi) is 5.72. The topological polar surface area (TPSA) is 60.4 Å². The molecular formula is C17H11F7O4S. The summed E-state index contributed by atoms with van der Waals surface area (Å²) in [5, 5.41) is 0. The van der Waals surface area contributed by atoms with Crippen molar-refractivity contribution in [3.05, 3.63) is 58.4 Å². The van der Waals surface area contributed by atoms with Crippen molar-refractivity contribution in [2.75, 3.05) is 13.4 Å². The fourth-order valence-corrected chi connectivity index (χ4v) is 3.45. The normalized spacial score (nSPS) is 12.7. The van der Waals surface area contributed by atoms with Crippen molar-refractivity contribution in [1.29, 1.82) is 0 Å². The predicted molar refractivity (Wildman–Crippen MR) is 85.9 cm³/mol. The second kappa shape index (κ2) is 7.32. The second-order valence-corrected chi connectivity index (χ2v) is 7.80. The third kappa shape index (κ3) is 4.52. The highest BCUT2D eigenvalue weighted by molar-refractivity contribution is 7.90. The van der Waals surface area contributed by atoms with Crippen molar-refractivity contribution in [1.82, 2.24) is 0 Å². The number of benzene rings is 2. The maximum absolute atomic E-state index is 13.9. The molecule has 0 bridgehead atoms. The molecule has 158 valence electrons. The number of hydrogen-bond donors (Lipinski definition) is 0. The second-order valence-electron chi connectivity index (χ2n) is 5.81. The lowest BCUT2D eigenvalue weighted by Gasteiger charge is -2.17. The van der Waals surface area contributed by atoms with E-state index in [1.165, 1.54) is 0 Å². The monoisotopic (exact) mass is 444 g/mol. The first kappa shape index (κ1) is 22.7. The number of ketones is 1. The quantitative estimate of drug-likeness (QED) is 0.515. The van der Waals surface area contributed by atoms with Crippen LogP contribution in [0, 0.1) is 5.82 Å². The summed E-state index contributed by atoms with van der Waals surface area (Å²) in [6.07, 6.45) is -9.66. The van der Waals surface area contributed by atoms with Gasteiger partial charge in [-0.3, -0.25) is 4.79 Å². The average Bonchev–Trinajstić information content (AvgIpc) is 2.57. The standard InChI is InChI=1S/C17H11F7O4S/c1-28-15-11(18)6-5-10(17(22,23)24)13(15)14(25)9-4-3-8(16(19,20)21)7-12(9)29(2,26)27/h3-7H,1-2H3. The highest BCUT2D eigenvalue weighted by atomic mass is 32.2. The van der Waals surface area contributed by atoms with Gasteiger partial charge in [-0.05, 0) is 30.3 Å². The van der Waals surface area contributed by atoms with E-state index < -0.39 is 66.7 Å². The molecule has 0 heterocycles. The smallest absolute Gasteiger partial charge is 0.417 e. The van der Waals surface area contributed by atoms with E-state index in [9.17, 15) is 43.9 Å². The van der Waals surface area contributed by atoms with Gasteiger partial charge in [0.05, 0.1) is 28.7 Å². The predicted octanol–water partition coefficient (Wildman–Crippen LogP) is 4.51. The molecule has 0 saturated carbocycles. The van der Waals surface area contributed by atoms with Crippen LogP contribution in [-0.2, 0) is 22.2 Å². The number of carbonyl (C=O) groups is 1. The number of alkyl halides is 6. The van der Waals surface area contributed by atoms with E-state index in [-0.39, 0.29) is 12.1 Å². The van der Waals surface area contributed by atoms with Crippen molar-refractivity contribution < 1.29 is 48.7 Å². The minimum absolute atomic E-state index is 0.127. The van der Waals surface area contributed by atoms with Crippen LogP contribution in [-0.4, -0.2) is 27.6 Å². The van der Waals surface area contributed by atoms with Crippen molar-refractivity contribution in [2.45, 2.75) is 17.2 Å². The molecule has 0 fully saturated rings. The summed E-state index contributed by atoms with van der Waals surface area (Å²) in [5.74, 6) is -4.14. The Morgan fingerprint density at radius 1 is 0.966 bits per heavy atom. The molecule has 0 aliphatic carbocycles. The molecule has 0 atom stereocenters. The van der Waals surface area contributed by atoms with E-state index in [0.717, 1.165) is 7.11 Å². The van der Waals surface area contributed by atoms with E-state index in [1.54, 1.807) is 0 Å². The van der Waals surface area contributed by atoms with Gasteiger partial charge in [0.2, 0.25) is 0 Å². The maximum Gasteiger partial charge on any atom is 0.417 e. The summed E-state index contributed by atoms with van der Waals surface area (Å²) in [6, 6.07) is 1.52. The summed E-state index contributed by atoms with van der Waals surface area (Å²) in [7, 11) is -3.71.